The molecule has 0 spiro atoms. The van der Waals surface area contributed by atoms with Crippen molar-refractivity contribution < 1.29 is 55.8 Å². The quantitative estimate of drug-likeness (QED) is 0.310. The molecule has 0 N–H and O–H groups in total. The van der Waals surface area contributed by atoms with Crippen LogP contribution in [0.5, 0.6) is 0 Å². The van der Waals surface area contributed by atoms with E-state index in [1.54, 1.807) is 12.1 Å². The van der Waals surface area contributed by atoms with Crippen LogP contribution in [-0.2, 0) is 20.0 Å². The van der Waals surface area contributed by atoms with E-state index < -0.39 is 25.5 Å². The molecule has 0 radical (unpaired) electrons. The molecule has 2 aromatic rings. The number of sulfone groups is 1. The van der Waals surface area contributed by atoms with E-state index in [1.165, 1.54) is 30.1 Å². The molecule has 0 saturated carbocycles. The summed E-state index contributed by atoms with van der Waals surface area (Å²) in [5.41, 5.74) is -1.68. The maximum atomic E-state index is 11.5. The maximum Gasteiger partial charge on any atom is 0.485 e. The van der Waals surface area contributed by atoms with E-state index in [0.29, 0.717) is 4.90 Å². The van der Waals surface area contributed by atoms with Gasteiger partial charge in [-0.1, -0.05) is 17.7 Å². The van der Waals surface area contributed by atoms with Crippen molar-refractivity contribution in [3.63, 3.8) is 0 Å². The van der Waals surface area contributed by atoms with E-state index in [-0.39, 0.29) is 21.2 Å². The van der Waals surface area contributed by atoms with Crippen molar-refractivity contribution >= 4 is 20.0 Å². The smallest absolute Gasteiger partial charge is 0.485 e. The molecule has 0 aromatic heterocycles. The van der Waals surface area contributed by atoms with Crippen molar-refractivity contribution in [1.29, 1.82) is 0 Å². The van der Waals surface area contributed by atoms with E-state index in [0.717, 1.165) is 0 Å². The highest BCUT2D eigenvalue weighted by atomic mass is 127. The summed E-state index contributed by atoms with van der Waals surface area (Å²) >= 11 is -0.272. The van der Waals surface area contributed by atoms with E-state index in [1.807, 2.05) is 12.1 Å². The van der Waals surface area contributed by atoms with Gasteiger partial charge in [-0.15, -0.1) is 0 Å². The van der Waals surface area contributed by atoms with Gasteiger partial charge in [0.15, 0.2) is 27.1 Å². The van der Waals surface area contributed by atoms with Gasteiger partial charge in [0.2, 0.25) is 0 Å². The molecule has 0 aliphatic rings. The van der Waals surface area contributed by atoms with Crippen LogP contribution in [0.3, 0.4) is 0 Å². The van der Waals surface area contributed by atoms with E-state index in [9.17, 15) is 21.6 Å². The average Bonchev–Trinajstić information content (AvgIpc) is 2.49. The Bertz CT molecular complexity index is 1020. The Morgan fingerprint density at radius 2 is 1.29 bits per heavy atom. The summed E-state index contributed by atoms with van der Waals surface area (Å²) in [4.78, 5) is 0.391. The number of hydrogen-bond donors (Lipinski definition) is 0. The number of benzene rings is 2. The van der Waals surface area contributed by atoms with E-state index in [2.05, 4.69) is 32.9 Å². The highest BCUT2D eigenvalue weighted by Gasteiger charge is 2.36. The largest absolute Gasteiger partial charge is 0.741 e. The van der Waals surface area contributed by atoms with Crippen LogP contribution >= 0.6 is 0 Å². The highest BCUT2D eigenvalue weighted by molar-refractivity contribution is 7.90. The molecule has 0 unspecified atom stereocenters. The lowest BCUT2D eigenvalue weighted by Crippen LogP contribution is -3.62. The number of halogens is 4. The second kappa shape index (κ2) is 9.09. The highest BCUT2D eigenvalue weighted by Crippen LogP contribution is 2.20. The third kappa shape index (κ3) is 7.33. The number of hydrogen-bond acceptors (Lipinski definition) is 5. The van der Waals surface area contributed by atoms with Crippen LogP contribution in [0.25, 0.3) is 0 Å². The SMILES string of the molecule is Cc1cc(C)c([I+]c2ccc(S(C)(=O)=O)cc2)c(C)c1.O=S(=O)([O-])C(F)(F)F. The van der Waals surface area contributed by atoms with Gasteiger partial charge in [0.1, 0.15) is 0 Å². The summed E-state index contributed by atoms with van der Waals surface area (Å²) in [6.07, 6.45) is 1.24. The second-order valence-corrected chi connectivity index (χ2v) is 12.2. The topological polar surface area (TPSA) is 91.3 Å². The predicted molar refractivity (Wildman–Crippen MR) is 93.4 cm³/mol. The van der Waals surface area contributed by atoms with Crippen molar-refractivity contribution in [2.75, 3.05) is 6.26 Å². The van der Waals surface area contributed by atoms with Crippen LogP contribution in [0.4, 0.5) is 13.2 Å². The van der Waals surface area contributed by atoms with Crippen molar-refractivity contribution in [1.82, 2.24) is 0 Å². The lowest BCUT2D eigenvalue weighted by atomic mass is 10.1. The summed E-state index contributed by atoms with van der Waals surface area (Å²) in [5, 5.41) is 0. The summed E-state index contributed by atoms with van der Waals surface area (Å²) in [5.74, 6) is 0. The minimum atomic E-state index is -6.09. The Morgan fingerprint density at radius 1 is 0.893 bits per heavy atom. The predicted octanol–water partition coefficient (Wildman–Crippen LogP) is 0.195. The molecular formula is C17H18F3IO5S2. The Kier molecular flexibility index (Phi) is 8.07. The first kappa shape index (κ1) is 24.9. The fourth-order valence-corrected chi connectivity index (χ4v) is 5.30. The van der Waals surface area contributed by atoms with Gasteiger partial charge >= 0.3 is 26.7 Å². The lowest BCUT2D eigenvalue weighted by Gasteiger charge is -2.08. The molecular weight excluding hydrogens is 532 g/mol. The second-order valence-electron chi connectivity index (χ2n) is 5.93. The molecule has 0 heterocycles. The molecule has 2 aromatic carbocycles. The minimum absolute atomic E-state index is 0.272. The fourth-order valence-electron chi connectivity index (χ4n) is 2.17. The first-order chi connectivity index (χ1) is 12.5. The molecule has 0 atom stereocenters. The normalized spacial score (nSPS) is 12.3. The van der Waals surface area contributed by atoms with Crippen molar-refractivity contribution in [3.8, 4) is 0 Å². The monoisotopic (exact) mass is 550 g/mol. The van der Waals surface area contributed by atoms with Gasteiger partial charge in [-0.05, 0) is 45.0 Å². The third-order valence-electron chi connectivity index (χ3n) is 3.31. The molecule has 0 bridgehead atoms. The van der Waals surface area contributed by atoms with Crippen molar-refractivity contribution in [2.45, 2.75) is 31.2 Å². The van der Waals surface area contributed by atoms with Crippen LogP contribution < -0.4 is 21.2 Å². The summed E-state index contributed by atoms with van der Waals surface area (Å²) in [7, 11) is -9.19. The van der Waals surface area contributed by atoms with Crippen molar-refractivity contribution in [2.24, 2.45) is 0 Å². The van der Waals surface area contributed by atoms with Crippen molar-refractivity contribution in [3.05, 3.63) is 60.2 Å². The van der Waals surface area contributed by atoms with Gasteiger partial charge < -0.3 is 4.55 Å². The summed E-state index contributed by atoms with van der Waals surface area (Å²) in [6, 6.07) is 11.7. The van der Waals surface area contributed by atoms with Gasteiger partial charge in [0.25, 0.3) is 0 Å². The zero-order valence-electron chi connectivity index (χ0n) is 15.3. The maximum absolute atomic E-state index is 11.5. The molecule has 28 heavy (non-hydrogen) atoms. The van der Waals surface area contributed by atoms with Crippen LogP contribution in [0, 0.1) is 27.9 Å². The van der Waals surface area contributed by atoms with Crippen LogP contribution in [0.15, 0.2) is 41.3 Å². The van der Waals surface area contributed by atoms with Gasteiger partial charge in [-0.2, -0.15) is 13.2 Å². The number of alkyl halides is 3. The lowest BCUT2D eigenvalue weighted by molar-refractivity contribution is -0.598. The van der Waals surface area contributed by atoms with Gasteiger partial charge in [0, 0.05) is 17.4 Å². The van der Waals surface area contributed by atoms with E-state index >= 15 is 0 Å². The average molecular weight is 550 g/mol. The molecule has 11 heteroatoms. The molecule has 0 aliphatic heterocycles. The molecule has 0 amide bonds. The van der Waals surface area contributed by atoms with Crippen LogP contribution in [-0.4, -0.2) is 33.2 Å². The Hall–Kier alpha value is -1.18. The Labute approximate surface area is 172 Å². The summed E-state index contributed by atoms with van der Waals surface area (Å²) in [6.45, 7) is 6.42. The first-order valence-electron chi connectivity index (χ1n) is 7.57. The molecule has 0 saturated heterocycles. The number of aryl methyl sites for hydroxylation is 3. The molecule has 2 rings (SSSR count). The third-order valence-corrected chi connectivity index (χ3v) is 8.59. The number of rotatable bonds is 3. The van der Waals surface area contributed by atoms with Crippen LogP contribution in [0.1, 0.15) is 16.7 Å². The zero-order chi connectivity index (χ0) is 21.9. The van der Waals surface area contributed by atoms with Gasteiger partial charge in [-0.25, -0.2) is 16.8 Å². The molecule has 5 nitrogen and oxygen atoms in total. The fraction of sp³-hybridized carbons (Fsp3) is 0.294. The van der Waals surface area contributed by atoms with E-state index in [4.69, 9.17) is 13.0 Å². The molecule has 0 aliphatic carbocycles. The Morgan fingerprint density at radius 3 is 1.61 bits per heavy atom. The Balaban J connectivity index is 0.000000416. The standard InChI is InChI=1S/C16H18IO2S.CHF3O3S/c1-11-9-12(2)16(13(3)10-11)17-14-5-7-15(8-6-14)20(4,18)19;2-1(3,4)8(5,6)7/h5-10H,1-4H3;(H,5,6,7)/q+1;/p-1. The zero-order valence-corrected chi connectivity index (χ0v) is 19.1. The minimum Gasteiger partial charge on any atom is -0.741 e. The van der Waals surface area contributed by atoms with Gasteiger partial charge in [-0.3, -0.25) is 0 Å². The first-order valence-corrected chi connectivity index (χ1v) is 13.0. The van der Waals surface area contributed by atoms with Crippen LogP contribution in [0.2, 0.25) is 0 Å². The molecule has 0 fully saturated rings. The summed E-state index contributed by atoms with van der Waals surface area (Å²) < 4.78 is 84.5. The molecule has 156 valence electrons. The van der Waals surface area contributed by atoms with Gasteiger partial charge in [0.05, 0.1) is 4.90 Å².